The van der Waals surface area contributed by atoms with Crippen LogP contribution in [0.15, 0.2) is 42.5 Å². The van der Waals surface area contributed by atoms with Gasteiger partial charge in [-0.1, -0.05) is 18.2 Å². The van der Waals surface area contributed by atoms with Crippen molar-refractivity contribution in [3.63, 3.8) is 0 Å². The standard InChI is InChI=1S/C19H20FN3O2/c1-13(24)21-12-14-6-4-9-17(22-14)18-10-5-11-23(18)19(25)15-7-2-3-8-16(15)20/h2-4,6-9,18H,5,10-12H2,1H3,(H,21,24)/t18-/m1/s1. The molecule has 0 spiro atoms. The van der Waals surface area contributed by atoms with Gasteiger partial charge in [0, 0.05) is 13.5 Å². The lowest BCUT2D eigenvalue weighted by Gasteiger charge is -2.25. The molecule has 1 saturated heterocycles. The number of amides is 2. The number of hydrogen-bond acceptors (Lipinski definition) is 3. The number of aromatic nitrogens is 1. The molecular weight excluding hydrogens is 321 g/mol. The smallest absolute Gasteiger partial charge is 0.257 e. The van der Waals surface area contributed by atoms with Crippen LogP contribution in [-0.4, -0.2) is 28.2 Å². The predicted molar refractivity (Wildman–Crippen MR) is 91.2 cm³/mol. The van der Waals surface area contributed by atoms with E-state index in [-0.39, 0.29) is 23.4 Å². The number of nitrogens with one attached hydrogen (secondary N) is 1. The van der Waals surface area contributed by atoms with Crippen LogP contribution >= 0.6 is 0 Å². The molecule has 25 heavy (non-hydrogen) atoms. The minimum absolute atomic E-state index is 0.0869. The summed E-state index contributed by atoms with van der Waals surface area (Å²) < 4.78 is 14.0. The summed E-state index contributed by atoms with van der Waals surface area (Å²) in [5, 5.41) is 2.72. The molecule has 6 heteroatoms. The minimum atomic E-state index is -0.509. The minimum Gasteiger partial charge on any atom is -0.351 e. The lowest BCUT2D eigenvalue weighted by Crippen LogP contribution is -2.31. The Morgan fingerprint density at radius 1 is 1.24 bits per heavy atom. The van der Waals surface area contributed by atoms with Crippen LogP contribution in [0.2, 0.25) is 0 Å². The highest BCUT2D eigenvalue weighted by Crippen LogP contribution is 2.32. The molecule has 130 valence electrons. The largest absolute Gasteiger partial charge is 0.351 e. The molecule has 2 heterocycles. The molecule has 0 radical (unpaired) electrons. The molecule has 1 atom stereocenters. The van der Waals surface area contributed by atoms with Crippen LogP contribution in [-0.2, 0) is 11.3 Å². The van der Waals surface area contributed by atoms with Crippen molar-refractivity contribution in [3.05, 3.63) is 65.2 Å². The normalized spacial score (nSPS) is 16.7. The molecule has 2 amide bonds. The lowest BCUT2D eigenvalue weighted by atomic mass is 10.1. The molecule has 1 N–H and O–H groups in total. The van der Waals surface area contributed by atoms with Crippen molar-refractivity contribution in [1.82, 2.24) is 15.2 Å². The van der Waals surface area contributed by atoms with Crippen LogP contribution in [0.4, 0.5) is 4.39 Å². The number of likely N-dealkylation sites (tertiary alicyclic amines) is 1. The van der Waals surface area contributed by atoms with Crippen molar-refractivity contribution < 1.29 is 14.0 Å². The number of rotatable bonds is 4. The molecule has 2 aromatic rings. The highest BCUT2D eigenvalue weighted by Gasteiger charge is 2.32. The van der Waals surface area contributed by atoms with Crippen molar-refractivity contribution in [2.45, 2.75) is 32.4 Å². The maximum absolute atomic E-state index is 14.0. The number of nitrogens with zero attached hydrogens (tertiary/aromatic N) is 2. The maximum atomic E-state index is 14.0. The molecule has 0 bridgehead atoms. The summed E-state index contributed by atoms with van der Waals surface area (Å²) in [4.78, 5) is 30.1. The van der Waals surface area contributed by atoms with Gasteiger partial charge in [0.1, 0.15) is 5.82 Å². The van der Waals surface area contributed by atoms with Crippen molar-refractivity contribution in [3.8, 4) is 0 Å². The highest BCUT2D eigenvalue weighted by molar-refractivity contribution is 5.94. The summed E-state index contributed by atoms with van der Waals surface area (Å²) in [5.41, 5.74) is 1.59. The SMILES string of the molecule is CC(=O)NCc1cccc([C@H]2CCCN2C(=O)c2ccccc2F)n1. The molecule has 1 fully saturated rings. The van der Waals surface area contributed by atoms with Crippen molar-refractivity contribution in [1.29, 1.82) is 0 Å². The molecule has 3 rings (SSSR count). The Kier molecular flexibility index (Phi) is 5.07. The van der Waals surface area contributed by atoms with Gasteiger partial charge < -0.3 is 10.2 Å². The van der Waals surface area contributed by atoms with Gasteiger partial charge in [0.15, 0.2) is 0 Å². The molecule has 1 aliphatic heterocycles. The quantitative estimate of drug-likeness (QED) is 0.930. The number of benzene rings is 1. The fraction of sp³-hybridized carbons (Fsp3) is 0.316. The van der Waals surface area contributed by atoms with E-state index >= 15 is 0 Å². The van der Waals surface area contributed by atoms with E-state index in [1.165, 1.54) is 19.1 Å². The molecule has 1 aliphatic rings. The van der Waals surface area contributed by atoms with Crippen molar-refractivity contribution in [2.75, 3.05) is 6.54 Å². The fourth-order valence-corrected chi connectivity index (χ4v) is 3.10. The molecule has 0 aliphatic carbocycles. The van der Waals surface area contributed by atoms with Gasteiger partial charge in [-0.15, -0.1) is 0 Å². The van der Waals surface area contributed by atoms with Gasteiger partial charge in [0.25, 0.3) is 5.91 Å². The summed E-state index contributed by atoms with van der Waals surface area (Å²) >= 11 is 0. The van der Waals surface area contributed by atoms with Gasteiger partial charge in [-0.25, -0.2) is 4.39 Å². The zero-order chi connectivity index (χ0) is 17.8. The number of carbonyl (C=O) groups excluding carboxylic acids is 2. The average Bonchev–Trinajstić information content (AvgIpc) is 3.10. The van der Waals surface area contributed by atoms with Crippen LogP contribution in [0.3, 0.4) is 0 Å². The van der Waals surface area contributed by atoms with Crippen LogP contribution in [0.1, 0.15) is 47.6 Å². The number of hydrogen-bond donors (Lipinski definition) is 1. The Morgan fingerprint density at radius 2 is 2.04 bits per heavy atom. The lowest BCUT2D eigenvalue weighted by molar-refractivity contribution is -0.119. The van der Waals surface area contributed by atoms with Gasteiger partial charge in [0.05, 0.1) is 29.5 Å². The summed E-state index contributed by atoms with van der Waals surface area (Å²) in [7, 11) is 0. The van der Waals surface area contributed by atoms with E-state index in [0.29, 0.717) is 13.1 Å². The van der Waals surface area contributed by atoms with Crippen LogP contribution < -0.4 is 5.32 Å². The molecule has 1 aromatic heterocycles. The Hall–Kier alpha value is -2.76. The molecule has 1 aromatic carbocycles. The Bertz CT molecular complexity index is 794. The van der Waals surface area contributed by atoms with Gasteiger partial charge in [-0.3, -0.25) is 14.6 Å². The Balaban J connectivity index is 1.82. The van der Waals surface area contributed by atoms with Gasteiger partial charge >= 0.3 is 0 Å². The first-order valence-corrected chi connectivity index (χ1v) is 8.32. The third kappa shape index (κ3) is 3.84. The van der Waals surface area contributed by atoms with Gasteiger partial charge in [0.2, 0.25) is 5.91 Å². The second-order valence-electron chi connectivity index (χ2n) is 6.10. The molecule has 0 unspecified atom stereocenters. The fourth-order valence-electron chi connectivity index (χ4n) is 3.10. The van der Waals surface area contributed by atoms with Gasteiger partial charge in [-0.2, -0.15) is 0 Å². The average molecular weight is 341 g/mol. The predicted octanol–water partition coefficient (Wildman–Crippen LogP) is 2.83. The monoisotopic (exact) mass is 341 g/mol. The van der Waals surface area contributed by atoms with E-state index in [1.54, 1.807) is 17.0 Å². The summed E-state index contributed by atoms with van der Waals surface area (Å²) in [6, 6.07) is 11.4. The third-order valence-corrected chi connectivity index (χ3v) is 4.31. The zero-order valence-electron chi connectivity index (χ0n) is 14.0. The summed E-state index contributed by atoms with van der Waals surface area (Å²) in [5.74, 6) is -0.940. The van der Waals surface area contributed by atoms with E-state index in [4.69, 9.17) is 0 Å². The van der Waals surface area contributed by atoms with Crippen molar-refractivity contribution >= 4 is 11.8 Å². The zero-order valence-corrected chi connectivity index (χ0v) is 14.0. The van der Waals surface area contributed by atoms with E-state index in [0.717, 1.165) is 24.2 Å². The van der Waals surface area contributed by atoms with Crippen LogP contribution in [0.25, 0.3) is 0 Å². The van der Waals surface area contributed by atoms with E-state index in [9.17, 15) is 14.0 Å². The topological polar surface area (TPSA) is 62.3 Å². The van der Waals surface area contributed by atoms with Crippen molar-refractivity contribution in [2.24, 2.45) is 0 Å². The number of halogens is 1. The Morgan fingerprint density at radius 3 is 2.80 bits per heavy atom. The van der Waals surface area contributed by atoms with E-state index in [1.807, 2.05) is 18.2 Å². The second kappa shape index (κ2) is 7.42. The molecular formula is C19H20FN3O2. The van der Waals surface area contributed by atoms with Crippen LogP contribution in [0.5, 0.6) is 0 Å². The third-order valence-electron chi connectivity index (χ3n) is 4.31. The maximum Gasteiger partial charge on any atom is 0.257 e. The van der Waals surface area contributed by atoms with Gasteiger partial charge in [-0.05, 0) is 37.1 Å². The number of pyridine rings is 1. The number of carbonyl (C=O) groups is 2. The van der Waals surface area contributed by atoms with Crippen LogP contribution in [0, 0.1) is 5.82 Å². The van der Waals surface area contributed by atoms with E-state index in [2.05, 4.69) is 10.3 Å². The first-order valence-electron chi connectivity index (χ1n) is 8.32. The summed E-state index contributed by atoms with van der Waals surface area (Å²) in [6.45, 7) is 2.38. The summed E-state index contributed by atoms with van der Waals surface area (Å²) in [6.07, 6.45) is 1.64. The second-order valence-corrected chi connectivity index (χ2v) is 6.10. The molecule has 0 saturated carbocycles. The highest BCUT2D eigenvalue weighted by atomic mass is 19.1. The Labute approximate surface area is 145 Å². The first-order chi connectivity index (χ1) is 12.1. The first kappa shape index (κ1) is 17.1. The molecule has 5 nitrogen and oxygen atoms in total. The van der Waals surface area contributed by atoms with E-state index < -0.39 is 5.82 Å².